The fraction of sp³-hybridized carbons (Fsp3) is 0.278. The molecule has 0 aliphatic heterocycles. The summed E-state index contributed by atoms with van der Waals surface area (Å²) in [5.74, 6) is 0.157. The molecule has 1 fully saturated rings. The van der Waals surface area contributed by atoms with Crippen molar-refractivity contribution in [2.75, 3.05) is 5.32 Å². The summed E-state index contributed by atoms with van der Waals surface area (Å²) >= 11 is 6.04. The highest BCUT2D eigenvalue weighted by Crippen LogP contribution is 2.43. The van der Waals surface area contributed by atoms with E-state index in [4.69, 9.17) is 11.6 Å². The molecule has 0 unspecified atom stereocenters. The average molecular weight is 386 g/mol. The monoisotopic (exact) mass is 385 g/mol. The summed E-state index contributed by atoms with van der Waals surface area (Å²) in [5.41, 5.74) is 2.77. The number of carbonyl (C=O) groups is 1. The lowest BCUT2D eigenvalue weighted by molar-refractivity contribution is -0.384. The summed E-state index contributed by atoms with van der Waals surface area (Å²) in [6.07, 6.45) is 4.06. The Labute approximate surface area is 159 Å². The summed E-state index contributed by atoms with van der Waals surface area (Å²) in [5, 5.41) is 19.2. The standard InChI is InChI=1S/C18H16ClN5O3/c1-10-17-13(11-2-3-11)6-7-20-18(17)23(22-10)9-16(25)21-15-8-12(24(26)27)4-5-14(15)19/h4-8,11H,2-3,9H2,1H3,(H,21,25). The number of aryl methyl sites for hydroxylation is 1. The number of halogens is 1. The molecule has 1 saturated carbocycles. The topological polar surface area (TPSA) is 103 Å². The van der Waals surface area contributed by atoms with E-state index in [1.807, 2.05) is 13.0 Å². The van der Waals surface area contributed by atoms with Gasteiger partial charge in [0.15, 0.2) is 5.65 Å². The number of fused-ring (bicyclic) bond motifs is 1. The van der Waals surface area contributed by atoms with E-state index in [-0.39, 0.29) is 28.8 Å². The average Bonchev–Trinajstić information content (AvgIpc) is 3.42. The number of carbonyl (C=O) groups excluding carboxylic acids is 1. The maximum Gasteiger partial charge on any atom is 0.271 e. The van der Waals surface area contributed by atoms with E-state index < -0.39 is 4.92 Å². The molecule has 0 bridgehead atoms. The summed E-state index contributed by atoms with van der Waals surface area (Å²) in [6.45, 7) is 1.84. The van der Waals surface area contributed by atoms with E-state index in [9.17, 15) is 14.9 Å². The minimum absolute atomic E-state index is 0.0650. The molecule has 1 aromatic carbocycles. The molecule has 0 saturated heterocycles. The van der Waals surface area contributed by atoms with Crippen molar-refractivity contribution in [3.05, 3.63) is 56.9 Å². The first-order valence-electron chi connectivity index (χ1n) is 8.50. The minimum atomic E-state index is -0.542. The van der Waals surface area contributed by atoms with Gasteiger partial charge in [-0.25, -0.2) is 9.67 Å². The first-order chi connectivity index (χ1) is 12.9. The van der Waals surface area contributed by atoms with Gasteiger partial charge in [-0.3, -0.25) is 14.9 Å². The number of hydrogen-bond donors (Lipinski definition) is 1. The summed E-state index contributed by atoms with van der Waals surface area (Å²) in [7, 11) is 0. The van der Waals surface area contributed by atoms with Crippen LogP contribution in [0.25, 0.3) is 11.0 Å². The van der Waals surface area contributed by atoms with E-state index in [1.54, 1.807) is 10.9 Å². The number of nitro groups is 1. The Morgan fingerprint density at radius 1 is 1.41 bits per heavy atom. The van der Waals surface area contributed by atoms with Crippen molar-refractivity contribution in [2.45, 2.75) is 32.2 Å². The molecule has 4 rings (SSSR count). The van der Waals surface area contributed by atoms with E-state index in [0.717, 1.165) is 23.9 Å². The number of nitrogens with one attached hydrogen (secondary N) is 1. The van der Waals surface area contributed by atoms with E-state index in [2.05, 4.69) is 15.4 Å². The van der Waals surface area contributed by atoms with Gasteiger partial charge >= 0.3 is 0 Å². The zero-order valence-corrected chi connectivity index (χ0v) is 15.2. The van der Waals surface area contributed by atoms with Gasteiger partial charge in [-0.15, -0.1) is 0 Å². The normalized spacial score (nSPS) is 13.7. The first-order valence-corrected chi connectivity index (χ1v) is 8.87. The molecule has 0 atom stereocenters. The number of nitro benzene ring substituents is 1. The van der Waals surface area contributed by atoms with Crippen molar-refractivity contribution >= 4 is 39.9 Å². The molecule has 0 radical (unpaired) electrons. The van der Waals surface area contributed by atoms with Crippen LogP contribution >= 0.6 is 11.6 Å². The van der Waals surface area contributed by atoms with Crippen LogP contribution in [0.15, 0.2) is 30.5 Å². The number of benzene rings is 1. The van der Waals surface area contributed by atoms with Gasteiger partial charge in [-0.2, -0.15) is 5.10 Å². The van der Waals surface area contributed by atoms with Crippen LogP contribution < -0.4 is 5.32 Å². The van der Waals surface area contributed by atoms with Crippen LogP contribution in [-0.2, 0) is 11.3 Å². The molecule has 1 aliphatic rings. The molecule has 3 aromatic rings. The van der Waals surface area contributed by atoms with Crippen molar-refractivity contribution in [1.82, 2.24) is 14.8 Å². The number of amides is 1. The molecule has 2 heterocycles. The first kappa shape index (κ1) is 17.4. The zero-order chi connectivity index (χ0) is 19.1. The van der Waals surface area contributed by atoms with Crippen LogP contribution in [0.1, 0.15) is 30.0 Å². The van der Waals surface area contributed by atoms with Crippen LogP contribution in [0, 0.1) is 17.0 Å². The smallest absolute Gasteiger partial charge is 0.271 e. The molecule has 1 aliphatic carbocycles. The molecular formula is C18H16ClN5O3. The SMILES string of the molecule is Cc1nn(CC(=O)Nc2cc([N+](=O)[O-])ccc2Cl)c2nccc(C3CC3)c12. The Bertz CT molecular complexity index is 1070. The number of hydrogen-bond acceptors (Lipinski definition) is 5. The van der Waals surface area contributed by atoms with Gasteiger partial charge in [-0.1, -0.05) is 11.6 Å². The van der Waals surface area contributed by atoms with Gasteiger partial charge in [0.25, 0.3) is 5.69 Å². The number of nitrogens with zero attached hydrogens (tertiary/aromatic N) is 4. The zero-order valence-electron chi connectivity index (χ0n) is 14.5. The van der Waals surface area contributed by atoms with E-state index >= 15 is 0 Å². The van der Waals surface area contributed by atoms with Crippen LogP contribution in [-0.4, -0.2) is 25.6 Å². The number of rotatable bonds is 5. The lowest BCUT2D eigenvalue weighted by Gasteiger charge is -2.08. The third-order valence-corrected chi connectivity index (χ3v) is 4.92. The van der Waals surface area contributed by atoms with Crippen molar-refractivity contribution in [1.29, 1.82) is 0 Å². The van der Waals surface area contributed by atoms with Crippen LogP contribution in [0.2, 0.25) is 5.02 Å². The maximum atomic E-state index is 12.5. The highest BCUT2D eigenvalue weighted by atomic mass is 35.5. The Balaban J connectivity index is 1.60. The second kappa shape index (κ2) is 6.62. The lowest BCUT2D eigenvalue weighted by atomic mass is 10.1. The van der Waals surface area contributed by atoms with E-state index in [1.165, 1.54) is 23.8 Å². The number of anilines is 1. The van der Waals surface area contributed by atoms with Crippen LogP contribution in [0.4, 0.5) is 11.4 Å². The Morgan fingerprint density at radius 2 is 2.19 bits per heavy atom. The van der Waals surface area contributed by atoms with Gasteiger partial charge in [-0.05, 0) is 43.4 Å². The van der Waals surface area contributed by atoms with Crippen LogP contribution in [0.5, 0.6) is 0 Å². The van der Waals surface area contributed by atoms with Crippen LogP contribution in [0.3, 0.4) is 0 Å². The van der Waals surface area contributed by atoms with Gasteiger partial charge in [0.05, 0.1) is 21.3 Å². The van der Waals surface area contributed by atoms with Gasteiger partial charge in [0, 0.05) is 23.7 Å². The van der Waals surface area contributed by atoms with Crippen molar-refractivity contribution in [2.24, 2.45) is 0 Å². The van der Waals surface area contributed by atoms with Crippen molar-refractivity contribution < 1.29 is 9.72 Å². The Morgan fingerprint density at radius 3 is 2.89 bits per heavy atom. The molecule has 8 nitrogen and oxygen atoms in total. The lowest BCUT2D eigenvalue weighted by Crippen LogP contribution is -2.20. The molecular weight excluding hydrogens is 370 g/mol. The number of non-ortho nitro benzene ring substituents is 1. The summed E-state index contributed by atoms with van der Waals surface area (Å²) in [4.78, 5) is 27.2. The highest BCUT2D eigenvalue weighted by molar-refractivity contribution is 6.33. The van der Waals surface area contributed by atoms with E-state index in [0.29, 0.717) is 11.6 Å². The molecule has 138 valence electrons. The Kier molecular flexibility index (Phi) is 4.27. The quantitative estimate of drug-likeness (QED) is 0.531. The molecule has 27 heavy (non-hydrogen) atoms. The molecule has 1 amide bonds. The maximum absolute atomic E-state index is 12.5. The van der Waals surface area contributed by atoms with Crippen molar-refractivity contribution in [3.8, 4) is 0 Å². The van der Waals surface area contributed by atoms with Gasteiger partial charge in [0.2, 0.25) is 5.91 Å². The summed E-state index contributed by atoms with van der Waals surface area (Å²) in [6, 6.07) is 5.91. The third kappa shape index (κ3) is 3.35. The fourth-order valence-electron chi connectivity index (χ4n) is 3.20. The van der Waals surface area contributed by atoms with Gasteiger partial charge in [0.1, 0.15) is 6.54 Å². The third-order valence-electron chi connectivity index (χ3n) is 4.59. The highest BCUT2D eigenvalue weighted by Gasteiger charge is 2.27. The molecule has 9 heteroatoms. The Hall–Kier alpha value is -3.00. The molecule has 0 spiro atoms. The largest absolute Gasteiger partial charge is 0.323 e. The molecule has 1 N–H and O–H groups in total. The minimum Gasteiger partial charge on any atom is -0.323 e. The second-order valence-corrected chi connectivity index (χ2v) is 6.99. The molecule has 2 aromatic heterocycles. The van der Waals surface area contributed by atoms with Gasteiger partial charge < -0.3 is 5.32 Å². The van der Waals surface area contributed by atoms with Crippen molar-refractivity contribution in [3.63, 3.8) is 0 Å². The number of pyridine rings is 1. The number of aromatic nitrogens is 3. The fourth-order valence-corrected chi connectivity index (χ4v) is 3.37. The summed E-state index contributed by atoms with van der Waals surface area (Å²) < 4.78 is 1.55. The predicted molar refractivity (Wildman–Crippen MR) is 101 cm³/mol. The predicted octanol–water partition coefficient (Wildman–Crippen LogP) is 3.82. The second-order valence-electron chi connectivity index (χ2n) is 6.59.